The number of ether oxygens (including phenoxy) is 2. The molecule has 0 aromatic heterocycles. The van der Waals surface area contributed by atoms with Gasteiger partial charge in [0.1, 0.15) is 5.76 Å². The lowest BCUT2D eigenvalue weighted by atomic mass is 10.4. The Hall–Kier alpha value is -2.04. The monoisotopic (exact) mass is 302 g/mol. The number of carbonyl (C=O) groups excluding carboxylic acids is 2. The van der Waals surface area contributed by atoms with Gasteiger partial charge in [0.15, 0.2) is 0 Å². The molecule has 1 heterocycles. The fraction of sp³-hybridized carbons (Fsp3) is 0.250. The third-order valence-electron chi connectivity index (χ3n) is 1.63. The zero-order valence-electron chi connectivity index (χ0n) is 9.05. The van der Waals surface area contributed by atoms with Crippen LogP contribution in [0.3, 0.4) is 0 Å². The Kier molecular flexibility index (Phi) is 3.88. The van der Waals surface area contributed by atoms with Gasteiger partial charge in [-0.25, -0.2) is 9.59 Å². The van der Waals surface area contributed by atoms with Crippen LogP contribution in [0.2, 0.25) is 0 Å². The average molecular weight is 302 g/mol. The van der Waals surface area contributed by atoms with Crippen molar-refractivity contribution in [3.8, 4) is 0 Å². The zero-order chi connectivity index (χ0) is 14.8. The predicted molar refractivity (Wildman–Crippen MR) is 50.3 cm³/mol. The van der Waals surface area contributed by atoms with E-state index >= 15 is 0 Å². The minimum absolute atomic E-state index is 0.510. The summed E-state index contributed by atoms with van der Waals surface area (Å²) in [5.41, 5.74) is -5.69. The molecule has 106 valence electrons. The summed E-state index contributed by atoms with van der Waals surface area (Å²) < 4.78 is 69.2. The zero-order valence-corrected chi connectivity index (χ0v) is 9.87. The van der Waals surface area contributed by atoms with E-state index in [0.717, 1.165) is 7.11 Å². The first-order chi connectivity index (χ1) is 8.56. The van der Waals surface area contributed by atoms with Crippen LogP contribution in [-0.4, -0.2) is 33.0 Å². The Bertz CT molecular complexity index is 570. The van der Waals surface area contributed by atoms with Crippen molar-refractivity contribution < 1.29 is 44.8 Å². The number of alkyl halides is 3. The minimum Gasteiger partial charge on any atom is -0.466 e. The van der Waals surface area contributed by atoms with Gasteiger partial charge in [0, 0.05) is 6.08 Å². The quantitative estimate of drug-likeness (QED) is 0.321. The maximum Gasteiger partial charge on any atom is 0.534 e. The van der Waals surface area contributed by atoms with Crippen molar-refractivity contribution in [2.45, 2.75) is 5.51 Å². The van der Waals surface area contributed by atoms with Gasteiger partial charge in [0.05, 0.1) is 13.2 Å². The lowest BCUT2D eigenvalue weighted by molar-refractivity contribution is -0.136. The highest BCUT2D eigenvalue weighted by atomic mass is 32.2. The molecule has 0 spiro atoms. The topological polar surface area (TPSA) is 96.0 Å². The van der Waals surface area contributed by atoms with Crippen molar-refractivity contribution in [2.24, 2.45) is 0 Å². The van der Waals surface area contributed by atoms with Gasteiger partial charge in [-0.3, -0.25) is 0 Å². The van der Waals surface area contributed by atoms with Crippen molar-refractivity contribution in [1.29, 1.82) is 0 Å². The second-order valence-corrected chi connectivity index (χ2v) is 4.49. The molecule has 0 atom stereocenters. The lowest BCUT2D eigenvalue weighted by Gasteiger charge is -2.07. The van der Waals surface area contributed by atoms with Gasteiger partial charge in [-0.1, -0.05) is 0 Å². The van der Waals surface area contributed by atoms with E-state index in [1.165, 1.54) is 0 Å². The molecule has 0 unspecified atom stereocenters. The van der Waals surface area contributed by atoms with Gasteiger partial charge < -0.3 is 13.7 Å². The molecular formula is C8H5F3O7S. The van der Waals surface area contributed by atoms with Crippen LogP contribution in [0, 0.1) is 0 Å². The smallest absolute Gasteiger partial charge is 0.466 e. The number of cyclic esters (lactones) is 1. The largest absolute Gasteiger partial charge is 0.534 e. The Balaban J connectivity index is 2.98. The summed E-state index contributed by atoms with van der Waals surface area (Å²) in [5.74, 6) is -4.17. The third kappa shape index (κ3) is 3.47. The van der Waals surface area contributed by atoms with Crippen molar-refractivity contribution >= 4 is 22.1 Å². The van der Waals surface area contributed by atoms with E-state index in [1.54, 1.807) is 0 Å². The van der Waals surface area contributed by atoms with Crippen molar-refractivity contribution in [3.63, 3.8) is 0 Å². The Morgan fingerprint density at radius 1 is 1.42 bits per heavy atom. The summed E-state index contributed by atoms with van der Waals surface area (Å²) in [4.78, 5) is 21.8. The standard InChI is InChI=1S/C8H5F3O7S/c1-16-6(12)3-4-2-5(7(13)17-4)18-19(14,15)8(9,10)11/h2-3H,1H3/b4-3+. The van der Waals surface area contributed by atoms with E-state index in [2.05, 4.69) is 13.7 Å². The molecule has 0 saturated heterocycles. The summed E-state index contributed by atoms with van der Waals surface area (Å²) in [6.07, 6.45) is 1.14. The molecule has 1 aliphatic rings. The molecule has 0 aromatic rings. The van der Waals surface area contributed by atoms with Crippen molar-refractivity contribution in [3.05, 3.63) is 23.7 Å². The second-order valence-electron chi connectivity index (χ2n) is 2.95. The van der Waals surface area contributed by atoms with Crippen LogP contribution in [0.4, 0.5) is 13.2 Å². The fourth-order valence-electron chi connectivity index (χ4n) is 0.845. The molecule has 19 heavy (non-hydrogen) atoms. The molecule has 0 saturated carbocycles. The van der Waals surface area contributed by atoms with Gasteiger partial charge in [-0.2, -0.15) is 21.6 Å². The van der Waals surface area contributed by atoms with Gasteiger partial charge in [-0.15, -0.1) is 0 Å². The first-order valence-electron chi connectivity index (χ1n) is 4.31. The molecule has 11 heteroatoms. The highest BCUT2D eigenvalue weighted by Crippen LogP contribution is 2.29. The van der Waals surface area contributed by atoms with Crippen molar-refractivity contribution in [1.82, 2.24) is 0 Å². The predicted octanol–water partition coefficient (Wildman–Crippen LogP) is 0.350. The summed E-state index contributed by atoms with van der Waals surface area (Å²) in [6.45, 7) is 0. The molecule has 1 rings (SSSR count). The third-order valence-corrected chi connectivity index (χ3v) is 2.60. The van der Waals surface area contributed by atoms with Crippen LogP contribution in [0.25, 0.3) is 0 Å². The molecule has 0 bridgehead atoms. The molecule has 1 aliphatic heterocycles. The van der Waals surface area contributed by atoms with E-state index in [4.69, 9.17) is 0 Å². The number of methoxy groups -OCH3 is 1. The van der Waals surface area contributed by atoms with E-state index in [1.807, 2.05) is 0 Å². The molecule has 0 aromatic carbocycles. The Labute approximate surface area is 104 Å². The van der Waals surface area contributed by atoms with Crippen molar-refractivity contribution in [2.75, 3.05) is 7.11 Å². The maximum absolute atomic E-state index is 12.0. The molecule has 0 amide bonds. The molecule has 7 nitrogen and oxygen atoms in total. The van der Waals surface area contributed by atoms with E-state index in [0.29, 0.717) is 12.2 Å². The van der Waals surface area contributed by atoms with E-state index < -0.39 is 39.1 Å². The van der Waals surface area contributed by atoms with Gasteiger partial charge in [-0.05, 0) is 0 Å². The van der Waals surface area contributed by atoms with Crippen LogP contribution in [0.1, 0.15) is 0 Å². The van der Waals surface area contributed by atoms with Crippen LogP contribution in [0.5, 0.6) is 0 Å². The first kappa shape index (κ1) is 15.0. The minimum atomic E-state index is -5.98. The highest BCUT2D eigenvalue weighted by Gasteiger charge is 2.50. The number of halogens is 3. The molecule has 0 fully saturated rings. The van der Waals surface area contributed by atoms with Crippen LogP contribution < -0.4 is 0 Å². The van der Waals surface area contributed by atoms with Crippen LogP contribution in [0.15, 0.2) is 23.7 Å². The molecule has 0 N–H and O–H groups in total. The summed E-state index contributed by atoms with van der Waals surface area (Å²) in [5, 5.41) is 0. The van der Waals surface area contributed by atoms with Gasteiger partial charge >= 0.3 is 27.6 Å². The van der Waals surface area contributed by atoms with Gasteiger partial charge in [0.25, 0.3) is 0 Å². The summed E-state index contributed by atoms with van der Waals surface area (Å²) >= 11 is 0. The molecule has 0 aliphatic carbocycles. The van der Waals surface area contributed by atoms with E-state index in [-0.39, 0.29) is 0 Å². The normalized spacial score (nSPS) is 18.0. The maximum atomic E-state index is 12.0. The summed E-state index contributed by atoms with van der Waals surface area (Å²) in [6, 6.07) is 0. The molecule has 0 radical (unpaired) electrons. The van der Waals surface area contributed by atoms with Crippen LogP contribution in [-0.2, 0) is 33.4 Å². The number of carbonyl (C=O) groups is 2. The number of esters is 2. The lowest BCUT2D eigenvalue weighted by Crippen LogP contribution is -2.26. The Morgan fingerprint density at radius 2 is 2.00 bits per heavy atom. The SMILES string of the molecule is COC(=O)/C=C1\C=C(OS(=O)(=O)C(F)(F)F)C(=O)O1. The Morgan fingerprint density at radius 3 is 2.47 bits per heavy atom. The average Bonchev–Trinajstić information content (AvgIpc) is 2.56. The van der Waals surface area contributed by atoms with Crippen LogP contribution >= 0.6 is 0 Å². The number of hydrogen-bond acceptors (Lipinski definition) is 7. The number of rotatable bonds is 3. The second kappa shape index (κ2) is 4.91. The highest BCUT2D eigenvalue weighted by molar-refractivity contribution is 7.87. The molecular weight excluding hydrogens is 297 g/mol. The summed E-state index contributed by atoms with van der Waals surface area (Å²) in [7, 11) is -4.98. The number of hydrogen-bond donors (Lipinski definition) is 0. The first-order valence-corrected chi connectivity index (χ1v) is 5.72. The van der Waals surface area contributed by atoms with E-state index in [9.17, 15) is 31.2 Å². The van der Waals surface area contributed by atoms with Gasteiger partial charge in [0.2, 0.25) is 5.76 Å². The number of allylic oxidation sites excluding steroid dienone is 1. The fourth-order valence-corrected chi connectivity index (χ4v) is 1.29.